The first kappa shape index (κ1) is 8.46. The summed E-state index contributed by atoms with van der Waals surface area (Å²) in [7, 11) is 0. The third-order valence-corrected chi connectivity index (χ3v) is 2.04. The molecule has 0 aromatic carbocycles. The molecule has 1 unspecified atom stereocenters. The first-order valence-corrected chi connectivity index (χ1v) is 4.09. The van der Waals surface area contributed by atoms with Crippen LogP contribution in [0, 0.1) is 4.91 Å². The molecule has 0 aromatic rings. The molecule has 1 saturated heterocycles. The number of nitrogens with zero attached hydrogens (tertiary/aromatic N) is 2. The van der Waals surface area contributed by atoms with Crippen molar-refractivity contribution in [1.82, 2.24) is 5.01 Å². The largest absolute Gasteiger partial charge is 0.393 e. The highest BCUT2D eigenvalue weighted by Crippen LogP contribution is 2.10. The molecule has 1 fully saturated rings. The molecule has 0 spiro atoms. The molecule has 1 aliphatic rings. The molecule has 1 atom stereocenters. The molecule has 0 aliphatic carbocycles. The summed E-state index contributed by atoms with van der Waals surface area (Å²) in [6.45, 7) is 1.35. The van der Waals surface area contributed by atoms with Crippen LogP contribution < -0.4 is 0 Å². The van der Waals surface area contributed by atoms with Gasteiger partial charge >= 0.3 is 0 Å². The lowest BCUT2D eigenvalue weighted by Crippen LogP contribution is -2.26. The Labute approximate surface area is 66.1 Å². The molecule has 0 aromatic heterocycles. The number of aliphatic hydroxyl groups excluding tert-OH is 1. The van der Waals surface area contributed by atoms with Gasteiger partial charge in [0.1, 0.15) is 0 Å². The summed E-state index contributed by atoms with van der Waals surface area (Å²) in [6.07, 6.45) is 3.26. The number of aliphatic hydroxyl groups is 1. The number of hydrogen-bond donors (Lipinski definition) is 1. The van der Waals surface area contributed by atoms with E-state index in [4.69, 9.17) is 0 Å². The van der Waals surface area contributed by atoms with Crippen molar-refractivity contribution in [2.75, 3.05) is 13.1 Å². The van der Waals surface area contributed by atoms with Crippen LogP contribution in [-0.4, -0.2) is 29.3 Å². The third-order valence-electron chi connectivity index (χ3n) is 2.04. The van der Waals surface area contributed by atoms with Gasteiger partial charge in [-0.2, -0.15) is 0 Å². The van der Waals surface area contributed by atoms with Gasteiger partial charge in [0.15, 0.2) is 0 Å². The van der Waals surface area contributed by atoms with Crippen molar-refractivity contribution in [3.8, 4) is 0 Å². The maximum absolute atomic E-state index is 10.1. The maximum atomic E-state index is 10.1. The van der Waals surface area contributed by atoms with Crippen LogP contribution in [0.3, 0.4) is 0 Å². The normalized spacial score (nSPS) is 27.4. The topological polar surface area (TPSA) is 52.9 Å². The minimum atomic E-state index is -0.237. The van der Waals surface area contributed by atoms with Gasteiger partial charge in [0.2, 0.25) is 0 Å². The minimum absolute atomic E-state index is 0.237. The van der Waals surface area contributed by atoms with Crippen LogP contribution in [0.25, 0.3) is 0 Å². The zero-order chi connectivity index (χ0) is 8.10. The van der Waals surface area contributed by atoms with E-state index in [1.165, 1.54) is 5.01 Å². The molecule has 4 heteroatoms. The second-order valence-electron chi connectivity index (χ2n) is 2.97. The quantitative estimate of drug-likeness (QED) is 0.577. The smallest absolute Gasteiger partial charge is 0.0557 e. The Balaban J connectivity index is 2.31. The van der Waals surface area contributed by atoms with Gasteiger partial charge < -0.3 is 5.11 Å². The molecule has 64 valence electrons. The van der Waals surface area contributed by atoms with Gasteiger partial charge in [-0.3, -0.25) is 5.01 Å². The third kappa shape index (κ3) is 2.84. The van der Waals surface area contributed by atoms with Gasteiger partial charge in [0.25, 0.3) is 0 Å². The monoisotopic (exact) mass is 158 g/mol. The lowest BCUT2D eigenvalue weighted by Gasteiger charge is -2.20. The van der Waals surface area contributed by atoms with E-state index in [2.05, 4.69) is 5.29 Å². The van der Waals surface area contributed by atoms with E-state index in [1.807, 2.05) is 0 Å². The van der Waals surface area contributed by atoms with E-state index in [-0.39, 0.29) is 6.10 Å². The summed E-state index contributed by atoms with van der Waals surface area (Å²) in [5.41, 5.74) is 0. The van der Waals surface area contributed by atoms with Crippen LogP contribution in [0.2, 0.25) is 0 Å². The fourth-order valence-electron chi connectivity index (χ4n) is 1.31. The van der Waals surface area contributed by atoms with E-state index in [0.29, 0.717) is 13.0 Å². The lowest BCUT2D eigenvalue weighted by molar-refractivity contribution is 0.115. The molecule has 0 saturated carbocycles. The molecule has 4 nitrogen and oxygen atoms in total. The molecule has 0 amide bonds. The van der Waals surface area contributed by atoms with E-state index in [9.17, 15) is 10.0 Å². The maximum Gasteiger partial charge on any atom is 0.0557 e. The van der Waals surface area contributed by atoms with Crippen LogP contribution in [0.4, 0.5) is 0 Å². The van der Waals surface area contributed by atoms with Gasteiger partial charge in [-0.05, 0) is 25.7 Å². The number of nitroso groups, excluding NO2 is 1. The van der Waals surface area contributed by atoms with Crippen LogP contribution in [0.5, 0.6) is 0 Å². The predicted molar refractivity (Wildman–Crippen MR) is 41.8 cm³/mol. The Morgan fingerprint density at radius 2 is 2.09 bits per heavy atom. The molecular formula is C7H14N2O2. The average Bonchev–Trinajstić information content (AvgIpc) is 1.98. The van der Waals surface area contributed by atoms with Crippen molar-refractivity contribution >= 4 is 0 Å². The van der Waals surface area contributed by atoms with Crippen LogP contribution in [0.15, 0.2) is 5.29 Å². The van der Waals surface area contributed by atoms with Crippen molar-refractivity contribution in [2.45, 2.75) is 31.8 Å². The standard InChI is InChI=1S/C7H14N2O2/c10-7-3-1-2-5-9(8-11)6-4-7/h7,10H,1-6H2. The molecule has 11 heavy (non-hydrogen) atoms. The SMILES string of the molecule is O=NN1CCCCC(O)CC1. The van der Waals surface area contributed by atoms with Crippen molar-refractivity contribution < 1.29 is 5.11 Å². The van der Waals surface area contributed by atoms with E-state index in [0.717, 1.165) is 25.8 Å². The second kappa shape index (κ2) is 4.28. The first-order valence-electron chi connectivity index (χ1n) is 4.09. The Morgan fingerprint density at radius 1 is 1.27 bits per heavy atom. The predicted octanol–water partition coefficient (Wildman–Crippen LogP) is 0.905. The van der Waals surface area contributed by atoms with Crippen molar-refractivity contribution in [3.63, 3.8) is 0 Å². The van der Waals surface area contributed by atoms with Gasteiger partial charge in [0.05, 0.1) is 11.4 Å². The summed E-state index contributed by atoms with van der Waals surface area (Å²) in [6, 6.07) is 0. The molecular weight excluding hydrogens is 144 g/mol. The minimum Gasteiger partial charge on any atom is -0.393 e. The Morgan fingerprint density at radius 3 is 2.82 bits per heavy atom. The fourth-order valence-corrected chi connectivity index (χ4v) is 1.31. The van der Waals surface area contributed by atoms with Crippen molar-refractivity contribution in [3.05, 3.63) is 4.91 Å². The fraction of sp³-hybridized carbons (Fsp3) is 1.00. The zero-order valence-corrected chi connectivity index (χ0v) is 6.57. The first-order chi connectivity index (χ1) is 5.33. The van der Waals surface area contributed by atoms with Crippen LogP contribution >= 0.6 is 0 Å². The summed E-state index contributed by atoms with van der Waals surface area (Å²) in [4.78, 5) is 10.1. The summed E-state index contributed by atoms with van der Waals surface area (Å²) in [5, 5.41) is 13.6. The summed E-state index contributed by atoms with van der Waals surface area (Å²) in [5.74, 6) is 0. The highest BCUT2D eigenvalue weighted by Gasteiger charge is 2.11. The van der Waals surface area contributed by atoms with E-state index >= 15 is 0 Å². The number of rotatable bonds is 1. The molecule has 1 rings (SSSR count). The van der Waals surface area contributed by atoms with Gasteiger partial charge in [-0.1, -0.05) is 0 Å². The Hall–Kier alpha value is -0.640. The highest BCUT2D eigenvalue weighted by molar-refractivity contribution is 4.64. The Bertz CT molecular complexity index is 130. The summed E-state index contributed by atoms with van der Waals surface area (Å²) >= 11 is 0. The van der Waals surface area contributed by atoms with Crippen LogP contribution in [0.1, 0.15) is 25.7 Å². The van der Waals surface area contributed by atoms with Gasteiger partial charge in [0, 0.05) is 13.1 Å². The molecule has 0 radical (unpaired) electrons. The van der Waals surface area contributed by atoms with Gasteiger partial charge in [-0.15, -0.1) is 4.91 Å². The lowest BCUT2D eigenvalue weighted by atomic mass is 10.1. The summed E-state index contributed by atoms with van der Waals surface area (Å²) < 4.78 is 0. The van der Waals surface area contributed by atoms with Gasteiger partial charge in [-0.25, -0.2) is 0 Å². The molecule has 1 heterocycles. The second-order valence-corrected chi connectivity index (χ2v) is 2.97. The van der Waals surface area contributed by atoms with E-state index < -0.39 is 0 Å². The highest BCUT2D eigenvalue weighted by atomic mass is 16.3. The van der Waals surface area contributed by atoms with E-state index in [1.54, 1.807) is 0 Å². The zero-order valence-electron chi connectivity index (χ0n) is 6.57. The molecule has 1 aliphatic heterocycles. The average molecular weight is 158 g/mol. The van der Waals surface area contributed by atoms with Crippen molar-refractivity contribution in [2.24, 2.45) is 5.29 Å². The molecule has 0 bridgehead atoms. The Kier molecular flexibility index (Phi) is 3.29. The van der Waals surface area contributed by atoms with Crippen molar-refractivity contribution in [1.29, 1.82) is 0 Å². The number of hydrogen-bond acceptors (Lipinski definition) is 3. The molecule has 1 N–H and O–H groups in total. The van der Waals surface area contributed by atoms with Crippen LogP contribution in [-0.2, 0) is 0 Å².